The van der Waals surface area contributed by atoms with Crippen molar-refractivity contribution in [1.29, 1.82) is 0 Å². The SMILES string of the molecule is C=Cc1ccc([Si](CC)(CC)N(CC)CC)cc1.C=Cc1cccc([Si](CC)(CC)N(C)C)c1. The van der Waals surface area contributed by atoms with Gasteiger partial charge >= 0.3 is 0 Å². The molecule has 0 N–H and O–H groups in total. The first kappa shape index (κ1) is 30.3. The highest BCUT2D eigenvalue weighted by Crippen LogP contribution is 2.21. The summed E-state index contributed by atoms with van der Waals surface area (Å²) < 4.78 is 5.19. The number of nitrogens with zero attached hydrogens (tertiary/aromatic N) is 2. The lowest BCUT2D eigenvalue weighted by molar-refractivity contribution is 0.465. The molecule has 0 aliphatic rings. The van der Waals surface area contributed by atoms with Crippen LogP contribution in [0, 0.1) is 0 Å². The van der Waals surface area contributed by atoms with Crippen molar-refractivity contribution in [2.75, 3.05) is 27.2 Å². The molecular weight excluding hydrogens is 445 g/mol. The minimum atomic E-state index is -1.49. The lowest BCUT2D eigenvalue weighted by atomic mass is 10.2. The molecule has 0 aliphatic carbocycles. The van der Waals surface area contributed by atoms with Crippen molar-refractivity contribution in [3.8, 4) is 0 Å². The zero-order valence-corrected chi connectivity index (χ0v) is 25.3. The summed E-state index contributed by atoms with van der Waals surface area (Å²) in [6.45, 7) is 23.9. The Bertz CT molecular complexity index is 862. The van der Waals surface area contributed by atoms with E-state index in [9.17, 15) is 0 Å². The van der Waals surface area contributed by atoms with Crippen LogP contribution in [-0.2, 0) is 0 Å². The van der Waals surface area contributed by atoms with E-state index >= 15 is 0 Å². The van der Waals surface area contributed by atoms with Crippen molar-refractivity contribution in [2.45, 2.75) is 65.7 Å². The minimum absolute atomic E-state index is 1.16. The highest BCUT2D eigenvalue weighted by atomic mass is 28.3. The molecule has 0 bridgehead atoms. The Morgan fingerprint density at radius 1 is 0.647 bits per heavy atom. The molecule has 0 aliphatic heterocycles. The van der Waals surface area contributed by atoms with Gasteiger partial charge < -0.3 is 9.13 Å². The molecular formula is C30H50N2Si2. The Hall–Kier alpha value is -1.73. The van der Waals surface area contributed by atoms with Gasteiger partial charge in [-0.2, -0.15) is 0 Å². The first-order valence-electron chi connectivity index (χ1n) is 13.2. The quantitative estimate of drug-likeness (QED) is 0.295. The number of hydrogen-bond donors (Lipinski definition) is 0. The van der Waals surface area contributed by atoms with Gasteiger partial charge in [0, 0.05) is 0 Å². The molecule has 0 amide bonds. The van der Waals surface area contributed by atoms with E-state index in [4.69, 9.17) is 0 Å². The smallest absolute Gasteiger partial charge is 0.159 e. The molecule has 0 fully saturated rings. The van der Waals surface area contributed by atoms with E-state index in [0.29, 0.717) is 0 Å². The van der Waals surface area contributed by atoms with E-state index in [1.165, 1.54) is 40.5 Å². The second-order valence-corrected chi connectivity index (χ2v) is 18.8. The van der Waals surface area contributed by atoms with Gasteiger partial charge in [0.1, 0.15) is 0 Å². The zero-order valence-electron chi connectivity index (χ0n) is 23.3. The van der Waals surface area contributed by atoms with Crippen LogP contribution >= 0.6 is 0 Å². The normalized spacial score (nSPS) is 11.8. The molecule has 2 nitrogen and oxygen atoms in total. The largest absolute Gasteiger partial charge is 0.325 e. The van der Waals surface area contributed by atoms with Crippen molar-refractivity contribution < 1.29 is 0 Å². The highest BCUT2D eigenvalue weighted by molar-refractivity contribution is 6.89. The third kappa shape index (κ3) is 6.69. The monoisotopic (exact) mass is 494 g/mol. The molecule has 0 spiro atoms. The molecule has 34 heavy (non-hydrogen) atoms. The van der Waals surface area contributed by atoms with Crippen LogP contribution in [0.1, 0.15) is 52.7 Å². The summed E-state index contributed by atoms with van der Waals surface area (Å²) in [5.74, 6) is 0. The molecule has 0 saturated carbocycles. The second kappa shape index (κ2) is 14.6. The van der Waals surface area contributed by atoms with Crippen LogP contribution < -0.4 is 10.4 Å². The summed E-state index contributed by atoms with van der Waals surface area (Å²) in [5.41, 5.74) is 2.45. The molecule has 0 aromatic heterocycles. The first-order chi connectivity index (χ1) is 16.3. The summed E-state index contributed by atoms with van der Waals surface area (Å²) in [6, 6.07) is 23.0. The van der Waals surface area contributed by atoms with E-state index in [0.717, 1.165) is 13.1 Å². The summed E-state index contributed by atoms with van der Waals surface area (Å²) in [7, 11) is 1.50. The minimum Gasteiger partial charge on any atom is -0.325 e. The fourth-order valence-corrected chi connectivity index (χ4v) is 14.1. The number of hydrogen-bond acceptors (Lipinski definition) is 2. The average Bonchev–Trinajstić information content (AvgIpc) is 2.89. The van der Waals surface area contributed by atoms with Crippen molar-refractivity contribution in [2.24, 2.45) is 0 Å². The van der Waals surface area contributed by atoms with Crippen LogP contribution in [0.15, 0.2) is 61.7 Å². The van der Waals surface area contributed by atoms with Gasteiger partial charge in [0.2, 0.25) is 0 Å². The summed E-state index contributed by atoms with van der Waals surface area (Å²) >= 11 is 0. The van der Waals surface area contributed by atoms with Crippen molar-refractivity contribution >= 4 is 39.0 Å². The van der Waals surface area contributed by atoms with E-state index in [2.05, 4.69) is 126 Å². The maximum absolute atomic E-state index is 3.85. The number of rotatable bonds is 12. The predicted molar refractivity (Wildman–Crippen MR) is 162 cm³/mol. The molecule has 188 valence electrons. The first-order valence-corrected chi connectivity index (χ1v) is 17.9. The molecule has 2 rings (SSSR count). The lowest BCUT2D eigenvalue weighted by Gasteiger charge is -2.40. The van der Waals surface area contributed by atoms with Crippen LogP contribution in [0.25, 0.3) is 12.2 Å². The van der Waals surface area contributed by atoms with Gasteiger partial charge in [0.05, 0.1) is 0 Å². The molecule has 2 aromatic rings. The van der Waals surface area contributed by atoms with Crippen LogP contribution in [0.3, 0.4) is 0 Å². The summed E-state index contributed by atoms with van der Waals surface area (Å²) in [5, 5.41) is 3.10. The summed E-state index contributed by atoms with van der Waals surface area (Å²) in [6.07, 6.45) is 3.85. The maximum atomic E-state index is 3.85. The van der Waals surface area contributed by atoms with Gasteiger partial charge in [0.25, 0.3) is 0 Å². The summed E-state index contributed by atoms with van der Waals surface area (Å²) in [4.78, 5) is 0. The Morgan fingerprint density at radius 2 is 1.15 bits per heavy atom. The van der Waals surface area contributed by atoms with Gasteiger partial charge in [-0.05, 0) is 72.9 Å². The van der Waals surface area contributed by atoms with Gasteiger partial charge in [-0.15, -0.1) is 0 Å². The third-order valence-electron chi connectivity index (χ3n) is 7.91. The van der Waals surface area contributed by atoms with Gasteiger partial charge in [-0.25, -0.2) is 0 Å². The Morgan fingerprint density at radius 3 is 1.53 bits per heavy atom. The number of benzene rings is 2. The van der Waals surface area contributed by atoms with Gasteiger partial charge in [-0.3, -0.25) is 0 Å². The Labute approximate surface area is 213 Å². The topological polar surface area (TPSA) is 6.48 Å². The highest BCUT2D eigenvalue weighted by Gasteiger charge is 2.36. The second-order valence-electron chi connectivity index (χ2n) is 9.20. The van der Waals surface area contributed by atoms with Crippen LogP contribution in [0.4, 0.5) is 0 Å². The maximum Gasteiger partial charge on any atom is 0.159 e. The average molecular weight is 495 g/mol. The van der Waals surface area contributed by atoms with E-state index in [-0.39, 0.29) is 0 Å². The fraction of sp³-hybridized carbons (Fsp3) is 0.467. The van der Waals surface area contributed by atoms with Crippen LogP contribution in [0.2, 0.25) is 24.2 Å². The Balaban J connectivity index is 0.000000342. The lowest BCUT2D eigenvalue weighted by Crippen LogP contribution is -2.61. The molecule has 0 heterocycles. The van der Waals surface area contributed by atoms with Crippen LogP contribution in [-0.4, -0.2) is 52.8 Å². The van der Waals surface area contributed by atoms with Gasteiger partial charge in [-0.1, -0.05) is 115 Å². The molecule has 0 saturated heterocycles. The standard InChI is InChI=1S/C16H27NSi.C14H23NSi/c1-6-15-11-13-16(14-12-15)18(9-4,10-5)17(7-2)8-3;1-6-13-10-9-11-14(12-13)16(7-2,8-3)15(4)5/h6,11-14H,1,7-10H2,2-5H3;6,9-12H,1,7-8H2,2-5H3. The van der Waals surface area contributed by atoms with E-state index in [1.807, 2.05) is 12.2 Å². The predicted octanol–water partition coefficient (Wildman–Crippen LogP) is 6.95. The third-order valence-corrected chi connectivity index (χ3v) is 18.9. The van der Waals surface area contributed by atoms with Crippen molar-refractivity contribution in [3.63, 3.8) is 0 Å². The van der Waals surface area contributed by atoms with Crippen molar-refractivity contribution in [1.82, 2.24) is 9.13 Å². The molecule has 0 unspecified atom stereocenters. The van der Waals surface area contributed by atoms with E-state index in [1.54, 1.807) is 5.19 Å². The fourth-order valence-electron chi connectivity index (χ4n) is 5.55. The zero-order chi connectivity index (χ0) is 25.8. The molecule has 0 atom stereocenters. The molecule has 2 aromatic carbocycles. The van der Waals surface area contributed by atoms with Gasteiger partial charge in [0.15, 0.2) is 16.5 Å². The molecule has 4 heteroatoms. The van der Waals surface area contributed by atoms with Crippen molar-refractivity contribution in [3.05, 3.63) is 72.8 Å². The van der Waals surface area contributed by atoms with E-state index < -0.39 is 16.5 Å². The van der Waals surface area contributed by atoms with Crippen LogP contribution in [0.5, 0.6) is 0 Å². The molecule has 0 radical (unpaired) electrons. The Kier molecular flexibility index (Phi) is 13.0.